The second-order valence-corrected chi connectivity index (χ2v) is 6.04. The van der Waals surface area contributed by atoms with Crippen LogP contribution < -0.4 is 0 Å². The third kappa shape index (κ3) is 11.1. The Balaban J connectivity index is 3.29. The second kappa shape index (κ2) is 11.0. The molecule has 0 N–H and O–H groups in total. The molecule has 0 saturated carbocycles. The Morgan fingerprint density at radius 2 is 1.45 bits per heavy atom. The predicted octanol–water partition coefficient (Wildman–Crippen LogP) is 3.17. The molecule has 20 heavy (non-hydrogen) atoms. The van der Waals surface area contributed by atoms with Crippen molar-refractivity contribution in [2.24, 2.45) is 5.41 Å². The standard InChI is InChI=1S/C16H30O4/c1-5-7-14(17)8-6-10-19-12-13-20-11-9-15(18)16(2,3)4/h5-13H2,1-4H3. The van der Waals surface area contributed by atoms with Crippen LogP contribution in [0.2, 0.25) is 0 Å². The van der Waals surface area contributed by atoms with Crippen molar-refractivity contribution in [2.45, 2.75) is 59.8 Å². The molecule has 0 radical (unpaired) electrons. The Morgan fingerprint density at radius 1 is 0.850 bits per heavy atom. The minimum absolute atomic E-state index is 0.216. The highest BCUT2D eigenvalue weighted by Gasteiger charge is 2.20. The van der Waals surface area contributed by atoms with Gasteiger partial charge in [-0.1, -0.05) is 27.7 Å². The molecule has 0 aromatic carbocycles. The summed E-state index contributed by atoms with van der Waals surface area (Å²) in [6.07, 6.45) is 3.43. The number of carbonyl (C=O) groups is 2. The van der Waals surface area contributed by atoms with Crippen LogP contribution in [0.4, 0.5) is 0 Å². The largest absolute Gasteiger partial charge is 0.379 e. The molecule has 0 unspecified atom stereocenters. The molecule has 0 heterocycles. The van der Waals surface area contributed by atoms with Crippen LogP contribution in [0.1, 0.15) is 59.8 Å². The van der Waals surface area contributed by atoms with E-state index in [1.165, 1.54) is 0 Å². The van der Waals surface area contributed by atoms with E-state index in [-0.39, 0.29) is 11.2 Å². The molecule has 0 aromatic rings. The van der Waals surface area contributed by atoms with Crippen LogP contribution in [0.5, 0.6) is 0 Å². The number of hydrogen-bond acceptors (Lipinski definition) is 4. The van der Waals surface area contributed by atoms with E-state index in [1.54, 1.807) is 0 Å². The summed E-state index contributed by atoms with van der Waals surface area (Å²) in [6.45, 7) is 9.82. The van der Waals surface area contributed by atoms with Gasteiger partial charge in [0.25, 0.3) is 0 Å². The van der Waals surface area contributed by atoms with Gasteiger partial charge < -0.3 is 9.47 Å². The Morgan fingerprint density at radius 3 is 2.00 bits per heavy atom. The van der Waals surface area contributed by atoms with Gasteiger partial charge in [0, 0.05) is 31.3 Å². The van der Waals surface area contributed by atoms with Crippen LogP contribution in [-0.4, -0.2) is 38.0 Å². The number of carbonyl (C=O) groups excluding carboxylic acids is 2. The third-order valence-electron chi connectivity index (χ3n) is 2.96. The van der Waals surface area contributed by atoms with Gasteiger partial charge in [-0.15, -0.1) is 0 Å². The summed E-state index contributed by atoms with van der Waals surface area (Å²) >= 11 is 0. The SMILES string of the molecule is CCCC(=O)CCCOCCOCCC(=O)C(C)(C)C. The molecule has 4 heteroatoms. The predicted molar refractivity (Wildman–Crippen MR) is 79.9 cm³/mol. The summed E-state index contributed by atoms with van der Waals surface area (Å²) in [5, 5.41) is 0. The highest BCUT2D eigenvalue weighted by Crippen LogP contribution is 2.16. The van der Waals surface area contributed by atoms with Crippen LogP contribution >= 0.6 is 0 Å². The smallest absolute Gasteiger partial charge is 0.140 e. The van der Waals surface area contributed by atoms with Crippen LogP contribution in [0, 0.1) is 5.41 Å². The topological polar surface area (TPSA) is 52.6 Å². The lowest BCUT2D eigenvalue weighted by Crippen LogP contribution is -2.21. The van der Waals surface area contributed by atoms with Crippen molar-refractivity contribution in [1.29, 1.82) is 0 Å². The fourth-order valence-corrected chi connectivity index (χ4v) is 1.64. The maximum absolute atomic E-state index is 11.6. The molecule has 0 spiro atoms. The first kappa shape index (κ1) is 19.3. The lowest BCUT2D eigenvalue weighted by Gasteiger charge is -2.16. The van der Waals surface area contributed by atoms with Crippen molar-refractivity contribution >= 4 is 11.6 Å². The molecular weight excluding hydrogens is 256 g/mol. The van der Waals surface area contributed by atoms with E-state index >= 15 is 0 Å². The summed E-state index contributed by atoms with van der Waals surface area (Å²) in [6, 6.07) is 0. The van der Waals surface area contributed by atoms with Crippen LogP contribution in [0.3, 0.4) is 0 Å². The Bertz CT molecular complexity index is 279. The van der Waals surface area contributed by atoms with E-state index in [1.807, 2.05) is 27.7 Å². The highest BCUT2D eigenvalue weighted by molar-refractivity contribution is 5.83. The number of Topliss-reactive ketones (excluding diaryl/α,β-unsaturated/α-hetero) is 2. The zero-order chi connectivity index (χ0) is 15.4. The van der Waals surface area contributed by atoms with Crippen molar-refractivity contribution in [3.63, 3.8) is 0 Å². The molecule has 0 bridgehead atoms. The normalized spacial score (nSPS) is 11.6. The molecule has 0 saturated heterocycles. The van der Waals surface area contributed by atoms with Gasteiger partial charge >= 0.3 is 0 Å². The first-order valence-corrected chi connectivity index (χ1v) is 7.58. The number of ether oxygens (including phenoxy) is 2. The van der Waals surface area contributed by atoms with Crippen LogP contribution in [0.15, 0.2) is 0 Å². The van der Waals surface area contributed by atoms with Crippen molar-refractivity contribution in [3.05, 3.63) is 0 Å². The lowest BCUT2D eigenvalue weighted by molar-refractivity contribution is -0.127. The van der Waals surface area contributed by atoms with E-state index in [4.69, 9.17) is 9.47 Å². The summed E-state index contributed by atoms with van der Waals surface area (Å²) in [5.74, 6) is 0.529. The molecule has 0 atom stereocenters. The number of ketones is 2. The van der Waals surface area contributed by atoms with Gasteiger partial charge in [-0.05, 0) is 12.8 Å². The van der Waals surface area contributed by atoms with Gasteiger partial charge in [-0.25, -0.2) is 0 Å². The first-order valence-electron chi connectivity index (χ1n) is 7.58. The summed E-state index contributed by atoms with van der Waals surface area (Å²) in [5.41, 5.74) is -0.287. The van der Waals surface area contributed by atoms with Gasteiger partial charge in [-0.3, -0.25) is 9.59 Å². The van der Waals surface area contributed by atoms with Gasteiger partial charge in [0.2, 0.25) is 0 Å². The molecule has 0 amide bonds. The van der Waals surface area contributed by atoms with E-state index in [9.17, 15) is 9.59 Å². The van der Waals surface area contributed by atoms with Gasteiger partial charge in [0.05, 0.1) is 19.8 Å². The van der Waals surface area contributed by atoms with Crippen LogP contribution in [0.25, 0.3) is 0 Å². The van der Waals surface area contributed by atoms with Crippen molar-refractivity contribution in [3.8, 4) is 0 Å². The fraction of sp³-hybridized carbons (Fsp3) is 0.875. The minimum Gasteiger partial charge on any atom is -0.379 e. The van der Waals surface area contributed by atoms with E-state index in [0.29, 0.717) is 51.5 Å². The van der Waals surface area contributed by atoms with Gasteiger partial charge in [0.1, 0.15) is 11.6 Å². The monoisotopic (exact) mass is 286 g/mol. The van der Waals surface area contributed by atoms with E-state index in [0.717, 1.165) is 12.8 Å². The van der Waals surface area contributed by atoms with Crippen molar-refractivity contribution in [2.75, 3.05) is 26.4 Å². The maximum atomic E-state index is 11.6. The molecule has 118 valence electrons. The highest BCUT2D eigenvalue weighted by atomic mass is 16.5. The Labute approximate surface area is 123 Å². The quantitative estimate of drug-likeness (QED) is 0.517. The van der Waals surface area contributed by atoms with Gasteiger partial charge in [-0.2, -0.15) is 0 Å². The third-order valence-corrected chi connectivity index (χ3v) is 2.96. The first-order chi connectivity index (χ1) is 9.38. The Hall–Kier alpha value is -0.740. The molecule has 4 nitrogen and oxygen atoms in total. The zero-order valence-electron chi connectivity index (χ0n) is 13.5. The lowest BCUT2D eigenvalue weighted by atomic mass is 9.89. The maximum Gasteiger partial charge on any atom is 0.140 e. The molecule has 0 aliphatic rings. The zero-order valence-corrected chi connectivity index (χ0v) is 13.5. The molecule has 0 fully saturated rings. The average molecular weight is 286 g/mol. The average Bonchev–Trinajstić information content (AvgIpc) is 2.35. The van der Waals surface area contributed by atoms with Crippen molar-refractivity contribution in [1.82, 2.24) is 0 Å². The van der Waals surface area contributed by atoms with Crippen LogP contribution in [-0.2, 0) is 19.1 Å². The Kier molecular flexibility index (Phi) is 10.6. The number of hydrogen-bond donors (Lipinski definition) is 0. The van der Waals surface area contributed by atoms with Gasteiger partial charge in [0.15, 0.2) is 0 Å². The summed E-state index contributed by atoms with van der Waals surface area (Å²) in [7, 11) is 0. The summed E-state index contributed by atoms with van der Waals surface area (Å²) < 4.78 is 10.7. The molecule has 0 aliphatic carbocycles. The van der Waals surface area contributed by atoms with E-state index in [2.05, 4.69) is 0 Å². The molecular formula is C16H30O4. The fourth-order valence-electron chi connectivity index (χ4n) is 1.64. The summed E-state index contributed by atoms with van der Waals surface area (Å²) in [4.78, 5) is 22.9. The minimum atomic E-state index is -0.287. The second-order valence-electron chi connectivity index (χ2n) is 6.04. The number of rotatable bonds is 12. The molecule has 0 rings (SSSR count). The molecule has 0 aromatic heterocycles. The molecule has 0 aliphatic heterocycles. The van der Waals surface area contributed by atoms with E-state index < -0.39 is 0 Å². The van der Waals surface area contributed by atoms with Crippen molar-refractivity contribution < 1.29 is 19.1 Å².